The van der Waals surface area contributed by atoms with Crippen molar-refractivity contribution in [2.45, 2.75) is 19.8 Å². The molecule has 0 saturated heterocycles. The second kappa shape index (κ2) is 5.58. The van der Waals surface area contributed by atoms with Crippen molar-refractivity contribution < 1.29 is 13.9 Å². The van der Waals surface area contributed by atoms with Gasteiger partial charge in [0.05, 0.1) is 5.92 Å². The van der Waals surface area contributed by atoms with Gasteiger partial charge in [-0.05, 0) is 26.0 Å². The second-order valence-corrected chi connectivity index (χ2v) is 4.99. The Morgan fingerprint density at radius 2 is 2.19 bits per heavy atom. The minimum absolute atomic E-state index is 0.0298. The molecule has 2 N–H and O–H groups in total. The molecule has 0 spiro atoms. The lowest BCUT2D eigenvalue weighted by molar-refractivity contribution is -0.114. The third-order valence-electron chi connectivity index (χ3n) is 3.27. The van der Waals surface area contributed by atoms with Gasteiger partial charge in [0.15, 0.2) is 5.78 Å². The first-order chi connectivity index (χ1) is 9.88. The van der Waals surface area contributed by atoms with E-state index in [0.29, 0.717) is 0 Å². The molecule has 0 amide bonds. The largest absolute Gasteiger partial charge is 0.445 e. The van der Waals surface area contributed by atoms with Crippen LogP contribution in [0.2, 0.25) is 5.02 Å². The van der Waals surface area contributed by atoms with Crippen LogP contribution in [-0.4, -0.2) is 5.78 Å². The number of nitriles is 1. The maximum Gasteiger partial charge on any atom is 0.205 e. The molecule has 0 aromatic heterocycles. The number of Topliss-reactive ketones (excluding diaryl/α,β-unsaturated/α-hetero) is 1. The van der Waals surface area contributed by atoms with Gasteiger partial charge < -0.3 is 10.5 Å². The molecule has 1 heterocycles. The molecular weight excluding hydrogens is 295 g/mol. The van der Waals surface area contributed by atoms with Crippen LogP contribution in [0.4, 0.5) is 4.39 Å². The predicted molar refractivity (Wildman–Crippen MR) is 75.4 cm³/mol. The number of nitrogens with zero attached hydrogens (tertiary/aromatic N) is 1. The summed E-state index contributed by atoms with van der Waals surface area (Å²) in [6, 6.07) is 6.04. The molecule has 0 unspecified atom stereocenters. The van der Waals surface area contributed by atoms with Crippen molar-refractivity contribution in [2.75, 3.05) is 0 Å². The predicted octanol–water partition coefficient (Wildman–Crippen LogP) is 3.15. The molecule has 4 nitrogen and oxygen atoms in total. The number of allylic oxidation sites excluding steroid dienone is 3. The van der Waals surface area contributed by atoms with Crippen LogP contribution in [0.15, 0.2) is 41.0 Å². The average Bonchev–Trinajstić information content (AvgIpc) is 2.37. The molecule has 2 rings (SSSR count). The summed E-state index contributed by atoms with van der Waals surface area (Å²) in [4.78, 5) is 11.9. The number of carbonyl (C=O) groups is 1. The highest BCUT2D eigenvalue weighted by Gasteiger charge is 2.36. The number of rotatable bonds is 2. The van der Waals surface area contributed by atoms with Crippen molar-refractivity contribution in [3.8, 4) is 6.07 Å². The molecule has 0 radical (unpaired) electrons. The number of benzene rings is 1. The van der Waals surface area contributed by atoms with Crippen molar-refractivity contribution in [1.29, 1.82) is 5.26 Å². The Balaban J connectivity index is 2.79. The van der Waals surface area contributed by atoms with Crippen LogP contribution in [0, 0.1) is 17.1 Å². The molecule has 0 saturated carbocycles. The van der Waals surface area contributed by atoms with Crippen LogP contribution in [0.3, 0.4) is 0 Å². The fourth-order valence-electron chi connectivity index (χ4n) is 2.41. The summed E-state index contributed by atoms with van der Waals surface area (Å²) in [5.74, 6) is -1.82. The highest BCUT2D eigenvalue weighted by atomic mass is 35.5. The summed E-state index contributed by atoms with van der Waals surface area (Å²) in [5, 5.41) is 9.41. The zero-order valence-corrected chi connectivity index (χ0v) is 12.2. The Morgan fingerprint density at radius 3 is 2.71 bits per heavy atom. The molecule has 1 aromatic carbocycles. The summed E-state index contributed by atoms with van der Waals surface area (Å²) in [7, 11) is 0. The highest BCUT2D eigenvalue weighted by Crippen LogP contribution is 2.42. The van der Waals surface area contributed by atoms with Crippen molar-refractivity contribution in [3.05, 3.63) is 57.4 Å². The van der Waals surface area contributed by atoms with Gasteiger partial charge in [0.1, 0.15) is 23.2 Å². The number of nitrogens with two attached hydrogens (primary N) is 1. The summed E-state index contributed by atoms with van der Waals surface area (Å²) < 4.78 is 19.4. The van der Waals surface area contributed by atoms with E-state index in [1.165, 1.54) is 25.1 Å². The fraction of sp³-hybridized carbons (Fsp3) is 0.200. The Kier molecular flexibility index (Phi) is 4.01. The van der Waals surface area contributed by atoms with E-state index in [1.54, 1.807) is 6.92 Å². The molecule has 0 fully saturated rings. The molecule has 0 aliphatic carbocycles. The van der Waals surface area contributed by atoms with Crippen LogP contribution in [0.25, 0.3) is 0 Å². The van der Waals surface area contributed by atoms with Gasteiger partial charge in [-0.3, -0.25) is 4.79 Å². The van der Waals surface area contributed by atoms with E-state index in [-0.39, 0.29) is 39.2 Å². The third kappa shape index (κ3) is 2.50. The molecule has 1 aliphatic heterocycles. The van der Waals surface area contributed by atoms with Gasteiger partial charge in [0, 0.05) is 16.2 Å². The normalized spacial score (nSPS) is 18.3. The van der Waals surface area contributed by atoms with Gasteiger partial charge in [-0.2, -0.15) is 5.26 Å². The Labute approximate surface area is 126 Å². The molecule has 0 bridgehead atoms. The van der Waals surface area contributed by atoms with E-state index in [9.17, 15) is 14.4 Å². The lowest BCUT2D eigenvalue weighted by atomic mass is 9.81. The first kappa shape index (κ1) is 15.1. The van der Waals surface area contributed by atoms with E-state index in [0.717, 1.165) is 0 Å². The SMILES string of the molecule is CC(=O)C1=C(C)OC(N)=C(C#N)[C@@H]1c1c(F)cccc1Cl. The maximum atomic E-state index is 14.2. The molecule has 6 heteroatoms. The lowest BCUT2D eigenvalue weighted by Crippen LogP contribution is -2.24. The summed E-state index contributed by atoms with van der Waals surface area (Å²) >= 11 is 6.06. The van der Waals surface area contributed by atoms with Gasteiger partial charge in [-0.1, -0.05) is 17.7 Å². The number of ether oxygens (including phenoxy) is 1. The van der Waals surface area contributed by atoms with Gasteiger partial charge >= 0.3 is 0 Å². The summed E-state index contributed by atoms with van der Waals surface area (Å²) in [5.41, 5.74) is 5.89. The van der Waals surface area contributed by atoms with Gasteiger partial charge in [-0.25, -0.2) is 4.39 Å². The van der Waals surface area contributed by atoms with Crippen LogP contribution in [0.1, 0.15) is 25.3 Å². The molecule has 1 atom stereocenters. The highest BCUT2D eigenvalue weighted by molar-refractivity contribution is 6.31. The van der Waals surface area contributed by atoms with Crippen molar-refractivity contribution in [3.63, 3.8) is 0 Å². The number of carbonyl (C=O) groups excluding carboxylic acids is 1. The standard InChI is InChI=1S/C15H12ClFN2O2/c1-7(20)12-8(2)21-15(19)9(6-18)13(12)14-10(16)4-3-5-11(14)17/h3-5,13H,19H2,1-2H3/t13-/m0/s1. The Morgan fingerprint density at radius 1 is 1.52 bits per heavy atom. The van der Waals surface area contributed by atoms with Gasteiger partial charge in [0.2, 0.25) is 5.88 Å². The maximum absolute atomic E-state index is 14.2. The van der Waals surface area contributed by atoms with E-state index in [2.05, 4.69) is 0 Å². The minimum Gasteiger partial charge on any atom is -0.445 e. The molecule has 1 aliphatic rings. The Hall–Kier alpha value is -2.32. The van der Waals surface area contributed by atoms with Crippen molar-refractivity contribution >= 4 is 17.4 Å². The minimum atomic E-state index is -0.963. The van der Waals surface area contributed by atoms with Crippen LogP contribution in [0.5, 0.6) is 0 Å². The van der Waals surface area contributed by atoms with E-state index >= 15 is 0 Å². The smallest absolute Gasteiger partial charge is 0.205 e. The third-order valence-corrected chi connectivity index (χ3v) is 3.60. The number of hydrogen-bond acceptors (Lipinski definition) is 4. The van der Waals surface area contributed by atoms with Crippen molar-refractivity contribution in [1.82, 2.24) is 0 Å². The first-order valence-corrected chi connectivity index (χ1v) is 6.49. The van der Waals surface area contributed by atoms with E-state index in [1.807, 2.05) is 6.07 Å². The quantitative estimate of drug-likeness (QED) is 0.910. The summed E-state index contributed by atoms with van der Waals surface area (Å²) in [6.45, 7) is 2.86. The molecular formula is C15H12ClFN2O2. The molecule has 1 aromatic rings. The van der Waals surface area contributed by atoms with Gasteiger partial charge in [0.25, 0.3) is 0 Å². The first-order valence-electron chi connectivity index (χ1n) is 6.11. The fourth-order valence-corrected chi connectivity index (χ4v) is 2.68. The Bertz CT molecular complexity index is 711. The number of halogens is 2. The monoisotopic (exact) mass is 306 g/mol. The van der Waals surface area contributed by atoms with Gasteiger partial charge in [-0.15, -0.1) is 0 Å². The molecule has 21 heavy (non-hydrogen) atoms. The number of hydrogen-bond donors (Lipinski definition) is 1. The van der Waals surface area contributed by atoms with Crippen LogP contribution in [-0.2, 0) is 9.53 Å². The number of ketones is 1. The summed E-state index contributed by atoms with van der Waals surface area (Å²) in [6.07, 6.45) is 0. The van der Waals surface area contributed by atoms with Crippen LogP contribution >= 0.6 is 11.6 Å². The second-order valence-electron chi connectivity index (χ2n) is 4.59. The van der Waals surface area contributed by atoms with E-state index in [4.69, 9.17) is 22.1 Å². The average molecular weight is 307 g/mol. The van der Waals surface area contributed by atoms with Crippen molar-refractivity contribution in [2.24, 2.45) is 5.73 Å². The lowest BCUT2D eigenvalue weighted by Gasteiger charge is -2.27. The van der Waals surface area contributed by atoms with Crippen LogP contribution < -0.4 is 5.73 Å². The zero-order chi connectivity index (χ0) is 15.7. The topological polar surface area (TPSA) is 76.1 Å². The van der Waals surface area contributed by atoms with E-state index < -0.39 is 11.7 Å². The zero-order valence-electron chi connectivity index (χ0n) is 11.4. The molecule has 108 valence electrons.